The molecule has 0 radical (unpaired) electrons. The molecule has 2 rings (SSSR count). The molecule has 0 aromatic carbocycles. The Morgan fingerprint density at radius 2 is 2.04 bits per heavy atom. The van der Waals surface area contributed by atoms with E-state index in [0.29, 0.717) is 6.54 Å². The molecule has 0 aliphatic carbocycles. The van der Waals surface area contributed by atoms with E-state index in [2.05, 4.69) is 25.6 Å². The van der Waals surface area contributed by atoms with Gasteiger partial charge in [-0.3, -0.25) is 0 Å². The van der Waals surface area contributed by atoms with E-state index in [0.717, 1.165) is 37.5 Å². The number of unbranched alkanes of at least 4 members (excludes halogenated alkanes) is 1. The molecule has 2 aromatic heterocycles. The third kappa shape index (κ3) is 6.87. The van der Waals surface area contributed by atoms with E-state index in [9.17, 15) is 4.79 Å². The van der Waals surface area contributed by atoms with Crippen molar-refractivity contribution in [1.82, 2.24) is 30.2 Å². The lowest BCUT2D eigenvalue weighted by atomic mass is 10.1. The molecule has 2 aromatic rings. The molecule has 3 N–H and O–H groups in total. The van der Waals surface area contributed by atoms with Gasteiger partial charge in [-0.05, 0) is 40.2 Å². The summed E-state index contributed by atoms with van der Waals surface area (Å²) in [5.41, 5.74) is -0.465. The number of hydrogen-bond acceptors (Lipinski definition) is 5. The summed E-state index contributed by atoms with van der Waals surface area (Å²) in [7, 11) is 1.99. The Bertz CT molecular complexity index is 660. The zero-order chi connectivity index (χ0) is 19.0. The van der Waals surface area contributed by atoms with Gasteiger partial charge in [0.1, 0.15) is 17.2 Å². The quantitative estimate of drug-likeness (QED) is 0.595. The second-order valence-corrected chi connectivity index (χ2v) is 7.28. The SMILES string of the molecule is Cn1ccnc1C(Cc1ncc[nH]1)NCCCCNC(=O)OC(C)(C)C. The van der Waals surface area contributed by atoms with Crippen LogP contribution in [0.2, 0.25) is 0 Å². The van der Waals surface area contributed by atoms with Gasteiger partial charge < -0.3 is 24.9 Å². The molecular formula is C18H30N6O2. The number of H-pyrrole nitrogens is 1. The average molecular weight is 362 g/mol. The number of hydrogen-bond donors (Lipinski definition) is 3. The number of aryl methyl sites for hydroxylation is 1. The normalized spacial score (nSPS) is 12.8. The maximum absolute atomic E-state index is 11.6. The Balaban J connectivity index is 1.72. The maximum Gasteiger partial charge on any atom is 0.407 e. The molecule has 0 spiro atoms. The Morgan fingerprint density at radius 3 is 2.65 bits per heavy atom. The van der Waals surface area contributed by atoms with E-state index in [4.69, 9.17) is 4.74 Å². The summed E-state index contributed by atoms with van der Waals surface area (Å²) in [5.74, 6) is 1.91. The molecule has 8 nitrogen and oxygen atoms in total. The molecule has 144 valence electrons. The Labute approximate surface area is 154 Å². The van der Waals surface area contributed by atoms with Gasteiger partial charge in [-0.1, -0.05) is 0 Å². The van der Waals surface area contributed by atoms with E-state index in [1.807, 2.05) is 44.8 Å². The molecule has 0 saturated heterocycles. The second kappa shape index (κ2) is 9.38. The van der Waals surface area contributed by atoms with Gasteiger partial charge in [0, 0.05) is 44.8 Å². The van der Waals surface area contributed by atoms with Gasteiger partial charge in [0.15, 0.2) is 0 Å². The van der Waals surface area contributed by atoms with Crippen molar-refractivity contribution in [1.29, 1.82) is 0 Å². The van der Waals surface area contributed by atoms with Crippen LogP contribution < -0.4 is 10.6 Å². The zero-order valence-corrected chi connectivity index (χ0v) is 16.1. The van der Waals surface area contributed by atoms with Crippen LogP contribution in [0.15, 0.2) is 24.8 Å². The smallest absolute Gasteiger partial charge is 0.407 e. The number of carbonyl (C=O) groups excluding carboxylic acids is 1. The number of imidazole rings is 2. The highest BCUT2D eigenvalue weighted by Crippen LogP contribution is 2.14. The summed E-state index contributed by atoms with van der Waals surface area (Å²) in [6.45, 7) is 6.99. The first-order valence-corrected chi connectivity index (χ1v) is 9.01. The van der Waals surface area contributed by atoms with Crippen LogP contribution in [0.3, 0.4) is 0 Å². The number of amides is 1. The van der Waals surface area contributed by atoms with Crippen LogP contribution in [-0.4, -0.2) is 44.3 Å². The van der Waals surface area contributed by atoms with Crippen LogP contribution in [0.1, 0.15) is 51.3 Å². The van der Waals surface area contributed by atoms with E-state index in [-0.39, 0.29) is 12.1 Å². The van der Waals surface area contributed by atoms with Gasteiger partial charge in [0.25, 0.3) is 0 Å². The summed E-state index contributed by atoms with van der Waals surface area (Å²) in [6.07, 6.45) is 9.52. The van der Waals surface area contributed by atoms with Gasteiger partial charge in [-0.2, -0.15) is 0 Å². The fraction of sp³-hybridized carbons (Fsp3) is 0.611. The minimum atomic E-state index is -0.465. The van der Waals surface area contributed by atoms with Gasteiger partial charge in [-0.25, -0.2) is 14.8 Å². The minimum absolute atomic E-state index is 0.0833. The van der Waals surface area contributed by atoms with E-state index in [1.54, 1.807) is 12.4 Å². The molecule has 1 atom stereocenters. The molecule has 0 bridgehead atoms. The number of aromatic amines is 1. The van der Waals surface area contributed by atoms with Crippen LogP contribution in [0.25, 0.3) is 0 Å². The lowest BCUT2D eigenvalue weighted by molar-refractivity contribution is 0.0527. The minimum Gasteiger partial charge on any atom is -0.444 e. The van der Waals surface area contributed by atoms with Crippen LogP contribution in [0.4, 0.5) is 4.79 Å². The number of nitrogens with zero attached hydrogens (tertiary/aromatic N) is 3. The molecule has 2 heterocycles. The summed E-state index contributed by atoms with van der Waals surface area (Å²) in [4.78, 5) is 23.5. The second-order valence-electron chi connectivity index (χ2n) is 7.28. The highest BCUT2D eigenvalue weighted by molar-refractivity contribution is 5.67. The van der Waals surface area contributed by atoms with Gasteiger partial charge in [0.05, 0.1) is 6.04 Å². The first-order valence-electron chi connectivity index (χ1n) is 9.01. The highest BCUT2D eigenvalue weighted by Gasteiger charge is 2.17. The maximum atomic E-state index is 11.6. The standard InChI is InChI=1S/C18H30N6O2/c1-18(2,3)26-17(25)23-8-6-5-7-19-14(13-15-20-9-10-21-15)16-22-11-12-24(16)4/h9-12,14,19H,5-8,13H2,1-4H3,(H,20,21)(H,23,25). The van der Waals surface area contributed by atoms with Gasteiger partial charge in [-0.15, -0.1) is 0 Å². The van der Waals surface area contributed by atoms with Crippen molar-refractivity contribution >= 4 is 6.09 Å². The molecule has 0 aliphatic rings. The van der Waals surface area contributed by atoms with Crippen LogP contribution in [-0.2, 0) is 18.2 Å². The third-order valence-electron chi connectivity index (χ3n) is 3.78. The van der Waals surface area contributed by atoms with Gasteiger partial charge in [0.2, 0.25) is 0 Å². The molecule has 0 aliphatic heterocycles. The highest BCUT2D eigenvalue weighted by atomic mass is 16.6. The first kappa shape index (κ1) is 20.0. The largest absolute Gasteiger partial charge is 0.444 e. The number of alkyl carbamates (subject to hydrolysis) is 1. The van der Waals surface area contributed by atoms with Crippen LogP contribution >= 0.6 is 0 Å². The monoisotopic (exact) mass is 362 g/mol. The predicted octanol–water partition coefficient (Wildman–Crippen LogP) is 2.32. The average Bonchev–Trinajstić information content (AvgIpc) is 3.19. The number of carbonyl (C=O) groups is 1. The van der Waals surface area contributed by atoms with Crippen molar-refractivity contribution in [3.05, 3.63) is 36.4 Å². The predicted molar refractivity (Wildman–Crippen MR) is 99.7 cm³/mol. The topological polar surface area (TPSA) is 96.9 Å². The third-order valence-corrected chi connectivity index (χ3v) is 3.78. The molecular weight excluding hydrogens is 332 g/mol. The molecule has 1 amide bonds. The zero-order valence-electron chi connectivity index (χ0n) is 16.1. The Hall–Kier alpha value is -2.35. The van der Waals surface area contributed by atoms with E-state index >= 15 is 0 Å². The number of aromatic nitrogens is 4. The lowest BCUT2D eigenvalue weighted by Crippen LogP contribution is -2.33. The molecule has 26 heavy (non-hydrogen) atoms. The van der Waals surface area contributed by atoms with Crippen molar-refractivity contribution in [2.75, 3.05) is 13.1 Å². The summed E-state index contributed by atoms with van der Waals surface area (Å²) in [6, 6.07) is 0.0833. The van der Waals surface area contributed by atoms with E-state index in [1.165, 1.54) is 0 Å². The fourth-order valence-electron chi connectivity index (χ4n) is 2.60. The number of ether oxygens (including phenoxy) is 1. The fourth-order valence-corrected chi connectivity index (χ4v) is 2.60. The van der Waals surface area contributed by atoms with Crippen molar-refractivity contribution in [2.45, 2.75) is 51.7 Å². The lowest BCUT2D eigenvalue weighted by Gasteiger charge is -2.20. The van der Waals surface area contributed by atoms with Crippen LogP contribution in [0.5, 0.6) is 0 Å². The summed E-state index contributed by atoms with van der Waals surface area (Å²) >= 11 is 0. The first-order chi connectivity index (χ1) is 12.3. The van der Waals surface area contributed by atoms with Crippen molar-refractivity contribution < 1.29 is 9.53 Å². The summed E-state index contributed by atoms with van der Waals surface area (Å²) < 4.78 is 7.23. The molecule has 0 fully saturated rings. The van der Waals surface area contributed by atoms with Crippen LogP contribution in [0, 0.1) is 0 Å². The molecule has 1 unspecified atom stereocenters. The van der Waals surface area contributed by atoms with Crippen molar-refractivity contribution in [3.63, 3.8) is 0 Å². The summed E-state index contributed by atoms with van der Waals surface area (Å²) in [5, 5.41) is 6.32. The Morgan fingerprint density at radius 1 is 1.27 bits per heavy atom. The van der Waals surface area contributed by atoms with Crippen molar-refractivity contribution in [3.8, 4) is 0 Å². The molecule has 0 saturated carbocycles. The Kier molecular flexibility index (Phi) is 7.20. The molecule has 8 heteroatoms. The van der Waals surface area contributed by atoms with Gasteiger partial charge >= 0.3 is 6.09 Å². The van der Waals surface area contributed by atoms with Crippen molar-refractivity contribution in [2.24, 2.45) is 7.05 Å². The number of nitrogens with one attached hydrogen (secondary N) is 3. The van der Waals surface area contributed by atoms with E-state index < -0.39 is 5.60 Å². The number of rotatable bonds is 9.